The Bertz CT molecular complexity index is 207. The van der Waals surface area contributed by atoms with Crippen molar-refractivity contribution < 1.29 is 2.85 Å². The molecule has 1 heterocycles. The maximum Gasteiger partial charge on any atom is 0.0309 e. The largest absolute Gasteiger partial charge is 0.311 e. The Labute approximate surface area is 83.4 Å². The second-order valence-electron chi connectivity index (χ2n) is 5.16. The van der Waals surface area contributed by atoms with Crippen LogP contribution in [-0.4, -0.2) is 24.2 Å². The van der Waals surface area contributed by atoms with E-state index in [1.54, 1.807) is 0 Å². The van der Waals surface area contributed by atoms with Gasteiger partial charge in [0.15, 0.2) is 0 Å². The molecule has 0 aromatic carbocycles. The summed E-state index contributed by atoms with van der Waals surface area (Å²) in [6.07, 6.45) is 9.92. The van der Waals surface area contributed by atoms with Crippen molar-refractivity contribution in [1.82, 2.24) is 10.6 Å². The summed E-state index contributed by atoms with van der Waals surface area (Å²) in [5.74, 6) is 0. The van der Waals surface area contributed by atoms with Crippen LogP contribution in [-0.2, 0) is 0 Å². The molecule has 0 bridgehead atoms. The lowest BCUT2D eigenvalue weighted by atomic mass is 9.72. The summed E-state index contributed by atoms with van der Waals surface area (Å²) >= 11 is 0. The molecule has 2 atom stereocenters. The zero-order chi connectivity index (χ0) is 8.73. The molecule has 3 fully saturated rings. The SMILES string of the molecule is C1CC[C@H]2NCC3(CCC3)N[C@H]2C1.[HH].[HH]. The fraction of sp³-hybridized carbons (Fsp3) is 1.00. The van der Waals surface area contributed by atoms with E-state index in [4.69, 9.17) is 0 Å². The average molecular weight is 184 g/mol. The molecule has 2 aliphatic carbocycles. The van der Waals surface area contributed by atoms with E-state index in [1.807, 2.05) is 0 Å². The molecule has 1 aliphatic heterocycles. The Morgan fingerprint density at radius 2 is 1.77 bits per heavy atom. The second kappa shape index (κ2) is 2.96. The average Bonchev–Trinajstić information content (AvgIpc) is 2.15. The lowest BCUT2D eigenvalue weighted by molar-refractivity contribution is 0.0839. The van der Waals surface area contributed by atoms with E-state index in [0.29, 0.717) is 5.54 Å². The molecule has 0 amide bonds. The Balaban J connectivity index is 0.000000562. The standard InChI is InChI=1S/C11H20N2.2H2/c1-2-5-10-9(4-1)12-8-11(13-10)6-3-7-11;;/h9-10,12-13H,1-8H2;2*1H/t9-,10+;;/m1../s1. The van der Waals surface area contributed by atoms with Crippen LogP contribution in [0.15, 0.2) is 0 Å². The molecule has 1 spiro atoms. The lowest BCUT2D eigenvalue weighted by Crippen LogP contribution is -2.70. The van der Waals surface area contributed by atoms with Crippen molar-refractivity contribution >= 4 is 0 Å². The highest BCUT2D eigenvalue weighted by Crippen LogP contribution is 2.36. The van der Waals surface area contributed by atoms with Gasteiger partial charge in [-0.3, -0.25) is 0 Å². The summed E-state index contributed by atoms with van der Waals surface area (Å²) in [7, 11) is 0. The third kappa shape index (κ3) is 1.31. The number of hydrogen-bond acceptors (Lipinski definition) is 2. The van der Waals surface area contributed by atoms with Crippen LogP contribution < -0.4 is 10.6 Å². The van der Waals surface area contributed by atoms with E-state index in [1.165, 1.54) is 51.5 Å². The van der Waals surface area contributed by atoms with Gasteiger partial charge in [0.1, 0.15) is 0 Å². The number of nitrogens with one attached hydrogen (secondary N) is 2. The molecule has 3 aliphatic rings. The Kier molecular flexibility index (Phi) is 1.88. The van der Waals surface area contributed by atoms with Gasteiger partial charge in [0.05, 0.1) is 0 Å². The number of rotatable bonds is 0. The van der Waals surface area contributed by atoms with E-state index in [9.17, 15) is 0 Å². The van der Waals surface area contributed by atoms with E-state index in [-0.39, 0.29) is 2.85 Å². The minimum absolute atomic E-state index is 0. The van der Waals surface area contributed by atoms with Gasteiger partial charge in [0.2, 0.25) is 0 Å². The van der Waals surface area contributed by atoms with E-state index in [2.05, 4.69) is 10.6 Å². The zero-order valence-corrected chi connectivity index (χ0v) is 8.31. The molecule has 1 saturated heterocycles. The molecule has 3 rings (SSSR count). The highest BCUT2D eigenvalue weighted by molar-refractivity contribution is 5.06. The molecular weight excluding hydrogens is 160 g/mol. The van der Waals surface area contributed by atoms with Crippen molar-refractivity contribution in [2.24, 2.45) is 0 Å². The fourth-order valence-corrected chi connectivity index (χ4v) is 3.24. The third-order valence-electron chi connectivity index (χ3n) is 4.27. The molecule has 0 radical (unpaired) electrons. The molecule has 0 aromatic heterocycles. The molecule has 2 heteroatoms. The molecule has 2 nitrogen and oxygen atoms in total. The first-order chi connectivity index (χ1) is 6.38. The Morgan fingerprint density at radius 1 is 1.00 bits per heavy atom. The van der Waals surface area contributed by atoms with Crippen molar-refractivity contribution in [3.8, 4) is 0 Å². The highest BCUT2D eigenvalue weighted by atomic mass is 15.2. The van der Waals surface area contributed by atoms with Gasteiger partial charge in [-0.2, -0.15) is 0 Å². The summed E-state index contributed by atoms with van der Waals surface area (Å²) < 4.78 is 0. The van der Waals surface area contributed by atoms with Crippen molar-refractivity contribution in [3.05, 3.63) is 0 Å². The third-order valence-corrected chi connectivity index (χ3v) is 4.27. The Morgan fingerprint density at radius 3 is 2.46 bits per heavy atom. The van der Waals surface area contributed by atoms with Gasteiger partial charge in [-0.1, -0.05) is 12.8 Å². The van der Waals surface area contributed by atoms with Crippen LogP contribution >= 0.6 is 0 Å². The molecule has 0 unspecified atom stereocenters. The summed E-state index contributed by atoms with van der Waals surface area (Å²) in [5, 5.41) is 7.66. The minimum atomic E-state index is 0. The summed E-state index contributed by atoms with van der Waals surface area (Å²) in [5.41, 5.74) is 0.526. The van der Waals surface area contributed by atoms with Gasteiger partial charge in [-0.25, -0.2) is 0 Å². The maximum absolute atomic E-state index is 3.91. The zero-order valence-electron chi connectivity index (χ0n) is 8.31. The van der Waals surface area contributed by atoms with Gasteiger partial charge in [0, 0.05) is 27.0 Å². The van der Waals surface area contributed by atoms with Crippen LogP contribution in [0.1, 0.15) is 47.8 Å². The smallest absolute Gasteiger partial charge is 0.0309 e. The fourth-order valence-electron chi connectivity index (χ4n) is 3.24. The lowest BCUT2D eigenvalue weighted by Gasteiger charge is -2.53. The van der Waals surface area contributed by atoms with Gasteiger partial charge in [-0.15, -0.1) is 0 Å². The number of fused-ring (bicyclic) bond motifs is 1. The van der Waals surface area contributed by atoms with Crippen LogP contribution in [0.25, 0.3) is 0 Å². The summed E-state index contributed by atoms with van der Waals surface area (Å²) in [6, 6.07) is 1.59. The van der Waals surface area contributed by atoms with E-state index >= 15 is 0 Å². The normalized spacial score (nSPS) is 42.5. The van der Waals surface area contributed by atoms with Crippen LogP contribution in [0, 0.1) is 0 Å². The van der Waals surface area contributed by atoms with Crippen molar-refractivity contribution in [3.63, 3.8) is 0 Å². The van der Waals surface area contributed by atoms with E-state index < -0.39 is 0 Å². The quantitative estimate of drug-likeness (QED) is 0.601. The predicted molar refractivity (Wildman–Crippen MR) is 58.0 cm³/mol. The predicted octanol–water partition coefficient (Wildman–Crippen LogP) is 1.91. The first-order valence-electron chi connectivity index (χ1n) is 5.89. The molecule has 13 heavy (non-hydrogen) atoms. The molecule has 2 N–H and O–H groups in total. The minimum Gasteiger partial charge on any atom is -0.311 e. The van der Waals surface area contributed by atoms with Crippen molar-refractivity contribution in [1.29, 1.82) is 0 Å². The number of hydrogen-bond donors (Lipinski definition) is 2. The van der Waals surface area contributed by atoms with E-state index in [0.717, 1.165) is 12.1 Å². The highest BCUT2D eigenvalue weighted by Gasteiger charge is 2.44. The van der Waals surface area contributed by atoms with Gasteiger partial charge < -0.3 is 10.6 Å². The van der Waals surface area contributed by atoms with Gasteiger partial charge >= 0.3 is 0 Å². The monoisotopic (exact) mass is 184 g/mol. The van der Waals surface area contributed by atoms with Crippen LogP contribution in [0.4, 0.5) is 0 Å². The van der Waals surface area contributed by atoms with Crippen LogP contribution in [0.3, 0.4) is 0 Å². The Hall–Kier alpha value is -0.0800. The number of piperazine rings is 1. The van der Waals surface area contributed by atoms with Crippen molar-refractivity contribution in [2.45, 2.75) is 62.6 Å². The summed E-state index contributed by atoms with van der Waals surface area (Å²) in [4.78, 5) is 0. The van der Waals surface area contributed by atoms with Crippen LogP contribution in [0.5, 0.6) is 0 Å². The first kappa shape index (κ1) is 8.25. The van der Waals surface area contributed by atoms with Gasteiger partial charge in [0.25, 0.3) is 0 Å². The van der Waals surface area contributed by atoms with Gasteiger partial charge in [-0.05, 0) is 32.1 Å². The van der Waals surface area contributed by atoms with Crippen LogP contribution in [0.2, 0.25) is 0 Å². The molecule has 2 saturated carbocycles. The molecular formula is C11H24N2. The molecule has 78 valence electrons. The second-order valence-corrected chi connectivity index (χ2v) is 5.16. The summed E-state index contributed by atoms with van der Waals surface area (Å²) in [6.45, 7) is 1.23. The topological polar surface area (TPSA) is 24.1 Å². The van der Waals surface area contributed by atoms with Crippen molar-refractivity contribution in [2.75, 3.05) is 6.54 Å². The first-order valence-corrected chi connectivity index (χ1v) is 5.89. The maximum atomic E-state index is 3.91. The molecule has 0 aromatic rings.